The fraction of sp³-hybridized carbons (Fsp3) is 0.533. The lowest BCUT2D eigenvalue weighted by Crippen LogP contribution is -2.53. The Kier molecular flexibility index (Phi) is 6.12. The molecule has 1 aromatic heterocycles. The van der Waals surface area contributed by atoms with Gasteiger partial charge in [-0.1, -0.05) is 6.07 Å². The van der Waals surface area contributed by atoms with Gasteiger partial charge in [-0.15, -0.1) is 11.3 Å². The first-order valence-corrected chi connectivity index (χ1v) is 8.50. The molecule has 1 atom stereocenters. The monoisotopic (exact) mass is 338 g/mol. The van der Waals surface area contributed by atoms with Crippen LogP contribution in [0.3, 0.4) is 0 Å². The number of carbonyl (C=O) groups excluding carboxylic acids is 3. The van der Waals surface area contributed by atoms with Crippen LogP contribution in [0.4, 0.5) is 4.79 Å². The van der Waals surface area contributed by atoms with Crippen molar-refractivity contribution in [2.75, 3.05) is 20.1 Å². The van der Waals surface area contributed by atoms with Crippen LogP contribution in [0.2, 0.25) is 0 Å². The molecule has 0 bridgehead atoms. The summed E-state index contributed by atoms with van der Waals surface area (Å²) < 4.78 is 0. The Morgan fingerprint density at radius 2 is 2.00 bits per heavy atom. The maximum atomic E-state index is 12.0. The van der Waals surface area contributed by atoms with Crippen molar-refractivity contribution in [3.63, 3.8) is 0 Å². The minimum absolute atomic E-state index is 0.0381. The van der Waals surface area contributed by atoms with Crippen molar-refractivity contribution >= 4 is 29.2 Å². The molecule has 1 aliphatic rings. The Bertz CT molecular complexity index is 553. The van der Waals surface area contributed by atoms with E-state index < -0.39 is 6.03 Å². The summed E-state index contributed by atoms with van der Waals surface area (Å²) in [5.74, 6) is -0.353. The number of amides is 4. The minimum Gasteiger partial charge on any atom is -0.349 e. The summed E-state index contributed by atoms with van der Waals surface area (Å²) >= 11 is 1.42. The third-order valence-corrected chi connectivity index (χ3v) is 4.87. The quantitative estimate of drug-likeness (QED) is 0.757. The van der Waals surface area contributed by atoms with Gasteiger partial charge in [0.05, 0.1) is 10.9 Å². The van der Waals surface area contributed by atoms with E-state index in [1.807, 2.05) is 16.3 Å². The SMILES string of the molecule is CNC(=O)NC(=O)[C@@H](C)N1CCC(NC(=O)c2cccs2)CC1. The van der Waals surface area contributed by atoms with E-state index in [0.29, 0.717) is 18.0 Å². The number of hydrogen-bond acceptors (Lipinski definition) is 5. The van der Waals surface area contributed by atoms with Crippen LogP contribution in [0, 0.1) is 0 Å². The van der Waals surface area contributed by atoms with Gasteiger partial charge in [-0.2, -0.15) is 0 Å². The number of piperidine rings is 1. The van der Waals surface area contributed by atoms with E-state index in [2.05, 4.69) is 16.0 Å². The van der Waals surface area contributed by atoms with Gasteiger partial charge < -0.3 is 10.6 Å². The zero-order valence-corrected chi connectivity index (χ0v) is 14.1. The number of hydrogen-bond donors (Lipinski definition) is 3. The van der Waals surface area contributed by atoms with E-state index >= 15 is 0 Å². The predicted molar refractivity (Wildman–Crippen MR) is 88.4 cm³/mol. The van der Waals surface area contributed by atoms with Crippen LogP contribution in [0.15, 0.2) is 17.5 Å². The molecule has 1 saturated heterocycles. The van der Waals surface area contributed by atoms with Crippen molar-refractivity contribution in [3.05, 3.63) is 22.4 Å². The van der Waals surface area contributed by atoms with Gasteiger partial charge in [0.15, 0.2) is 0 Å². The summed E-state index contributed by atoms with van der Waals surface area (Å²) in [6.07, 6.45) is 1.57. The summed E-state index contributed by atoms with van der Waals surface area (Å²) in [6.45, 7) is 3.19. The molecule has 4 amide bonds. The van der Waals surface area contributed by atoms with E-state index in [9.17, 15) is 14.4 Å². The minimum atomic E-state index is -0.500. The highest BCUT2D eigenvalue weighted by Crippen LogP contribution is 2.15. The molecule has 0 saturated carbocycles. The number of nitrogens with zero attached hydrogens (tertiary/aromatic N) is 1. The van der Waals surface area contributed by atoms with Crippen LogP contribution in [0.5, 0.6) is 0 Å². The van der Waals surface area contributed by atoms with E-state index in [4.69, 9.17) is 0 Å². The zero-order chi connectivity index (χ0) is 16.8. The van der Waals surface area contributed by atoms with Gasteiger partial charge in [0.2, 0.25) is 5.91 Å². The van der Waals surface area contributed by atoms with Gasteiger partial charge in [0.1, 0.15) is 0 Å². The Labute approximate surface area is 139 Å². The molecule has 2 heterocycles. The molecule has 0 unspecified atom stereocenters. The number of rotatable bonds is 4. The van der Waals surface area contributed by atoms with Crippen LogP contribution >= 0.6 is 11.3 Å². The second-order valence-corrected chi connectivity index (χ2v) is 6.45. The van der Waals surface area contributed by atoms with Crippen molar-refractivity contribution < 1.29 is 14.4 Å². The molecule has 0 spiro atoms. The van der Waals surface area contributed by atoms with Gasteiger partial charge in [-0.3, -0.25) is 19.8 Å². The Morgan fingerprint density at radius 3 is 2.57 bits per heavy atom. The largest absolute Gasteiger partial charge is 0.349 e. The standard InChI is InChI=1S/C15H22N4O3S/c1-10(13(20)18-15(22)16-2)19-7-5-11(6-8-19)17-14(21)12-4-3-9-23-12/h3-4,9-11H,5-8H2,1-2H3,(H,17,21)(H2,16,18,20,22)/t10-/m1/s1. The van der Waals surface area contributed by atoms with E-state index in [-0.39, 0.29) is 23.9 Å². The molecule has 0 radical (unpaired) electrons. The molecule has 1 fully saturated rings. The van der Waals surface area contributed by atoms with Crippen LogP contribution < -0.4 is 16.0 Å². The highest BCUT2D eigenvalue weighted by Gasteiger charge is 2.28. The first kappa shape index (κ1) is 17.4. The lowest BCUT2D eigenvalue weighted by molar-refractivity contribution is -0.125. The Hall–Kier alpha value is -1.93. The third-order valence-electron chi connectivity index (χ3n) is 4.00. The van der Waals surface area contributed by atoms with Crippen LogP contribution in [0.25, 0.3) is 0 Å². The zero-order valence-electron chi connectivity index (χ0n) is 13.3. The van der Waals surface area contributed by atoms with Gasteiger partial charge >= 0.3 is 6.03 Å². The summed E-state index contributed by atoms with van der Waals surface area (Å²) in [5, 5.41) is 9.56. The molecule has 0 aliphatic carbocycles. The van der Waals surface area contributed by atoms with E-state index in [0.717, 1.165) is 12.8 Å². The lowest BCUT2D eigenvalue weighted by atomic mass is 10.0. The van der Waals surface area contributed by atoms with Crippen LogP contribution in [0.1, 0.15) is 29.4 Å². The van der Waals surface area contributed by atoms with E-state index in [1.165, 1.54) is 18.4 Å². The van der Waals surface area contributed by atoms with Crippen molar-refractivity contribution in [1.82, 2.24) is 20.9 Å². The molecule has 0 aromatic carbocycles. The van der Waals surface area contributed by atoms with Crippen LogP contribution in [-0.2, 0) is 4.79 Å². The van der Waals surface area contributed by atoms with Gasteiger partial charge in [-0.25, -0.2) is 4.79 Å². The number of urea groups is 1. The second-order valence-electron chi connectivity index (χ2n) is 5.51. The molecule has 7 nitrogen and oxygen atoms in total. The third kappa shape index (κ3) is 4.77. The molecule has 8 heteroatoms. The van der Waals surface area contributed by atoms with Crippen LogP contribution in [-0.4, -0.2) is 55.0 Å². The van der Waals surface area contributed by atoms with Crippen molar-refractivity contribution in [2.24, 2.45) is 0 Å². The molecular formula is C15H22N4O3S. The number of thiophene rings is 1. The second kappa shape index (κ2) is 8.07. The number of nitrogens with one attached hydrogen (secondary N) is 3. The van der Waals surface area contributed by atoms with Gasteiger partial charge in [0, 0.05) is 26.2 Å². The van der Waals surface area contributed by atoms with Gasteiger partial charge in [0.25, 0.3) is 5.91 Å². The number of likely N-dealkylation sites (tertiary alicyclic amines) is 1. The summed E-state index contributed by atoms with van der Waals surface area (Å²) in [6, 6.07) is 2.91. The summed E-state index contributed by atoms with van der Waals surface area (Å²) in [4.78, 5) is 37.9. The Morgan fingerprint density at radius 1 is 1.30 bits per heavy atom. The van der Waals surface area contributed by atoms with Crippen molar-refractivity contribution in [1.29, 1.82) is 0 Å². The molecule has 3 N–H and O–H groups in total. The highest BCUT2D eigenvalue weighted by molar-refractivity contribution is 7.12. The normalized spacial score (nSPS) is 17.3. The molecule has 2 rings (SSSR count). The van der Waals surface area contributed by atoms with Gasteiger partial charge in [-0.05, 0) is 31.2 Å². The fourth-order valence-electron chi connectivity index (χ4n) is 2.54. The summed E-state index contributed by atoms with van der Waals surface area (Å²) in [7, 11) is 1.47. The van der Waals surface area contributed by atoms with Crippen molar-refractivity contribution in [3.8, 4) is 0 Å². The average Bonchev–Trinajstić information content (AvgIpc) is 3.09. The van der Waals surface area contributed by atoms with E-state index in [1.54, 1.807) is 13.0 Å². The lowest BCUT2D eigenvalue weighted by Gasteiger charge is -2.35. The molecule has 126 valence electrons. The average molecular weight is 338 g/mol. The maximum absolute atomic E-state index is 12.0. The first-order valence-electron chi connectivity index (χ1n) is 7.62. The maximum Gasteiger partial charge on any atom is 0.321 e. The fourth-order valence-corrected chi connectivity index (χ4v) is 3.17. The molecule has 1 aliphatic heterocycles. The number of imide groups is 1. The number of carbonyl (C=O) groups is 3. The smallest absolute Gasteiger partial charge is 0.321 e. The molecule has 1 aromatic rings. The highest BCUT2D eigenvalue weighted by atomic mass is 32.1. The van der Waals surface area contributed by atoms with Crippen molar-refractivity contribution in [2.45, 2.75) is 31.8 Å². The first-order chi connectivity index (χ1) is 11.0. The molecule has 23 heavy (non-hydrogen) atoms. The Balaban J connectivity index is 1.78. The summed E-state index contributed by atoms with van der Waals surface area (Å²) in [5.41, 5.74) is 0. The molecular weight excluding hydrogens is 316 g/mol. The predicted octanol–water partition coefficient (Wildman–Crippen LogP) is 0.786. The topological polar surface area (TPSA) is 90.5 Å².